The molecule has 5 heteroatoms. The Hall–Kier alpha value is -0.810. The fourth-order valence-corrected chi connectivity index (χ4v) is 2.51. The van der Waals surface area contributed by atoms with Crippen LogP contribution in [0.25, 0.3) is 0 Å². The molecule has 2 rings (SSSR count). The molecule has 0 unspecified atom stereocenters. The Labute approximate surface area is 97.2 Å². The number of carbonyl (C=O) groups excluding carboxylic acids is 1. The Morgan fingerprint density at radius 2 is 2.12 bits per heavy atom. The van der Waals surface area contributed by atoms with Crippen LogP contribution in [-0.4, -0.2) is 68.2 Å². The average molecular weight is 226 g/mol. The summed E-state index contributed by atoms with van der Waals surface area (Å²) in [5.74, 6) is 0. The van der Waals surface area contributed by atoms with Gasteiger partial charge in [-0.2, -0.15) is 0 Å². The van der Waals surface area contributed by atoms with Gasteiger partial charge < -0.3 is 20.4 Å². The van der Waals surface area contributed by atoms with E-state index in [4.69, 9.17) is 0 Å². The predicted octanol–water partition coefficient (Wildman–Crippen LogP) is -0.305. The molecule has 0 aromatic rings. The van der Waals surface area contributed by atoms with Gasteiger partial charge in [0, 0.05) is 32.2 Å². The second-order valence-corrected chi connectivity index (χ2v) is 4.55. The molecule has 0 spiro atoms. The van der Waals surface area contributed by atoms with Crippen LogP contribution < -0.4 is 10.6 Å². The molecule has 0 saturated carbocycles. The third-order valence-electron chi connectivity index (χ3n) is 3.51. The zero-order valence-corrected chi connectivity index (χ0v) is 10.0. The minimum absolute atomic E-state index is 0.238. The van der Waals surface area contributed by atoms with Gasteiger partial charge in [-0.15, -0.1) is 0 Å². The molecule has 2 fully saturated rings. The van der Waals surface area contributed by atoms with Crippen molar-refractivity contribution in [3.05, 3.63) is 0 Å². The molecule has 2 aliphatic rings. The average Bonchev–Trinajstić information content (AvgIpc) is 2.69. The number of likely N-dealkylation sites (N-methyl/N-ethyl adjacent to an activating group) is 1. The summed E-state index contributed by atoms with van der Waals surface area (Å²) in [5, 5.41) is 6.42. The van der Waals surface area contributed by atoms with E-state index in [1.807, 2.05) is 11.9 Å². The van der Waals surface area contributed by atoms with Gasteiger partial charge in [-0.1, -0.05) is 0 Å². The van der Waals surface area contributed by atoms with Gasteiger partial charge in [-0.05, 0) is 33.0 Å². The molecule has 0 aliphatic carbocycles. The number of piperidine rings is 1. The summed E-state index contributed by atoms with van der Waals surface area (Å²) in [4.78, 5) is 16.1. The summed E-state index contributed by atoms with van der Waals surface area (Å²) >= 11 is 0. The highest BCUT2D eigenvalue weighted by Gasteiger charge is 2.33. The van der Waals surface area contributed by atoms with E-state index in [2.05, 4.69) is 15.5 Å². The van der Waals surface area contributed by atoms with Gasteiger partial charge in [-0.3, -0.25) is 0 Å². The van der Waals surface area contributed by atoms with Crippen LogP contribution in [0.15, 0.2) is 0 Å². The Morgan fingerprint density at radius 1 is 1.38 bits per heavy atom. The summed E-state index contributed by atoms with van der Waals surface area (Å²) in [6.45, 7) is 5.61. The minimum atomic E-state index is 0.238. The Bertz CT molecular complexity index is 240. The van der Waals surface area contributed by atoms with Crippen molar-refractivity contribution in [2.75, 3.05) is 46.3 Å². The van der Waals surface area contributed by atoms with Crippen LogP contribution in [0.3, 0.4) is 0 Å². The number of nitrogens with zero attached hydrogens (tertiary/aromatic N) is 2. The van der Waals surface area contributed by atoms with E-state index < -0.39 is 0 Å². The molecule has 2 amide bonds. The maximum absolute atomic E-state index is 12.1. The normalized spacial score (nSPS) is 23.2. The van der Waals surface area contributed by atoms with E-state index >= 15 is 0 Å². The molecule has 0 aromatic heterocycles. The molecule has 0 bridgehead atoms. The van der Waals surface area contributed by atoms with Crippen LogP contribution >= 0.6 is 0 Å². The first-order valence-electron chi connectivity index (χ1n) is 6.24. The summed E-state index contributed by atoms with van der Waals surface area (Å²) in [6, 6.07) is 0.704. The topological polar surface area (TPSA) is 47.6 Å². The van der Waals surface area contributed by atoms with Gasteiger partial charge in [0.1, 0.15) is 0 Å². The molecular weight excluding hydrogens is 204 g/mol. The van der Waals surface area contributed by atoms with Crippen molar-refractivity contribution < 1.29 is 4.79 Å². The highest BCUT2D eigenvalue weighted by Crippen LogP contribution is 2.18. The van der Waals surface area contributed by atoms with Gasteiger partial charge in [0.15, 0.2) is 0 Å². The summed E-state index contributed by atoms with van der Waals surface area (Å²) in [5.41, 5.74) is 0. The molecule has 16 heavy (non-hydrogen) atoms. The lowest BCUT2D eigenvalue weighted by Gasteiger charge is -2.31. The van der Waals surface area contributed by atoms with Gasteiger partial charge in [-0.25, -0.2) is 4.79 Å². The maximum atomic E-state index is 12.1. The van der Waals surface area contributed by atoms with Crippen LogP contribution in [0.1, 0.15) is 12.8 Å². The molecular formula is C11H22N4O. The number of amides is 2. The van der Waals surface area contributed by atoms with Gasteiger partial charge in [0.2, 0.25) is 0 Å². The molecule has 2 heterocycles. The summed E-state index contributed by atoms with van der Waals surface area (Å²) in [6.07, 6.45) is 2.21. The lowest BCUT2D eigenvalue weighted by atomic mass is 10.1. The Morgan fingerprint density at radius 3 is 2.81 bits per heavy atom. The first kappa shape index (κ1) is 11.7. The molecule has 0 atom stereocenters. The zero-order valence-electron chi connectivity index (χ0n) is 10.0. The van der Waals surface area contributed by atoms with Crippen molar-refractivity contribution in [1.29, 1.82) is 0 Å². The third-order valence-corrected chi connectivity index (χ3v) is 3.51. The molecule has 5 nitrogen and oxygen atoms in total. The van der Waals surface area contributed by atoms with Crippen molar-refractivity contribution in [3.63, 3.8) is 0 Å². The zero-order chi connectivity index (χ0) is 11.4. The number of hydrogen-bond donors (Lipinski definition) is 2. The van der Waals surface area contributed by atoms with E-state index in [9.17, 15) is 4.79 Å². The first-order valence-corrected chi connectivity index (χ1v) is 6.24. The number of carbonyl (C=O) groups is 1. The predicted molar refractivity (Wildman–Crippen MR) is 63.5 cm³/mol. The van der Waals surface area contributed by atoms with Crippen LogP contribution in [0.4, 0.5) is 4.79 Å². The van der Waals surface area contributed by atoms with E-state index in [0.717, 1.165) is 52.1 Å². The number of hydrogen-bond acceptors (Lipinski definition) is 3. The number of rotatable bonds is 4. The molecule has 2 saturated heterocycles. The lowest BCUT2D eigenvalue weighted by Crippen LogP contribution is -2.45. The molecule has 2 aliphatic heterocycles. The van der Waals surface area contributed by atoms with Gasteiger partial charge in [0.25, 0.3) is 0 Å². The molecule has 0 radical (unpaired) electrons. The minimum Gasteiger partial charge on any atom is -0.322 e. The van der Waals surface area contributed by atoms with Gasteiger partial charge in [0.05, 0.1) is 0 Å². The highest BCUT2D eigenvalue weighted by atomic mass is 16.2. The van der Waals surface area contributed by atoms with E-state index in [1.54, 1.807) is 0 Å². The van der Waals surface area contributed by atoms with Crippen LogP contribution in [0.5, 0.6) is 0 Å². The Kier molecular flexibility index (Phi) is 4.01. The largest absolute Gasteiger partial charge is 0.322 e. The third kappa shape index (κ3) is 2.47. The van der Waals surface area contributed by atoms with Crippen LogP contribution in [-0.2, 0) is 0 Å². The van der Waals surface area contributed by atoms with Crippen LogP contribution in [0, 0.1) is 0 Å². The number of urea groups is 1. The maximum Gasteiger partial charge on any atom is 0.320 e. The summed E-state index contributed by atoms with van der Waals surface area (Å²) < 4.78 is 0. The van der Waals surface area contributed by atoms with Crippen molar-refractivity contribution in [2.45, 2.75) is 18.9 Å². The van der Waals surface area contributed by atoms with Crippen molar-refractivity contribution in [3.8, 4) is 0 Å². The molecule has 92 valence electrons. The van der Waals surface area contributed by atoms with E-state index in [0.29, 0.717) is 6.04 Å². The standard InChI is InChI=1S/C11H22N4O/c1-12-6-7-14-8-9-15(11(14)16)10-2-4-13-5-3-10/h10,12-13H,2-9H2,1H3. The first-order chi connectivity index (χ1) is 7.83. The smallest absolute Gasteiger partial charge is 0.320 e. The van der Waals surface area contributed by atoms with Crippen molar-refractivity contribution >= 4 is 6.03 Å². The molecule has 0 aromatic carbocycles. The summed E-state index contributed by atoms with van der Waals surface area (Å²) in [7, 11) is 1.92. The van der Waals surface area contributed by atoms with Crippen molar-refractivity contribution in [1.82, 2.24) is 20.4 Å². The van der Waals surface area contributed by atoms with E-state index in [-0.39, 0.29) is 6.03 Å². The monoisotopic (exact) mass is 226 g/mol. The fourth-order valence-electron chi connectivity index (χ4n) is 2.51. The highest BCUT2D eigenvalue weighted by molar-refractivity contribution is 5.76. The lowest BCUT2D eigenvalue weighted by molar-refractivity contribution is 0.166. The second-order valence-electron chi connectivity index (χ2n) is 4.55. The fraction of sp³-hybridized carbons (Fsp3) is 0.909. The SMILES string of the molecule is CNCCN1CCN(C2CCNCC2)C1=O. The number of nitrogens with one attached hydrogen (secondary N) is 2. The van der Waals surface area contributed by atoms with Crippen molar-refractivity contribution in [2.24, 2.45) is 0 Å². The second kappa shape index (κ2) is 5.50. The van der Waals surface area contributed by atoms with Gasteiger partial charge >= 0.3 is 6.03 Å². The quantitative estimate of drug-likeness (QED) is 0.691. The Balaban J connectivity index is 1.85. The van der Waals surface area contributed by atoms with E-state index in [1.165, 1.54) is 0 Å². The van der Waals surface area contributed by atoms with Crippen LogP contribution in [0.2, 0.25) is 0 Å². The molecule has 2 N–H and O–H groups in total.